The van der Waals surface area contributed by atoms with Crippen molar-refractivity contribution in [3.63, 3.8) is 0 Å². The molecule has 0 aliphatic carbocycles. The SMILES string of the molecule is Fc1ccc2nc(-c3cccc(Oc4cccc([C@H](c5ccccn5)c5ccccc5Sc5ccccc5)c4)c3)ccc2c1. The van der Waals surface area contributed by atoms with Crippen LogP contribution in [0.2, 0.25) is 0 Å². The Labute approximate surface area is 260 Å². The van der Waals surface area contributed by atoms with Crippen LogP contribution in [-0.4, -0.2) is 9.97 Å². The van der Waals surface area contributed by atoms with Gasteiger partial charge < -0.3 is 4.74 Å². The Hall–Kier alpha value is -5.26. The van der Waals surface area contributed by atoms with Gasteiger partial charge in [0.05, 0.1) is 22.8 Å². The summed E-state index contributed by atoms with van der Waals surface area (Å²) in [6.07, 6.45) is 1.85. The first kappa shape index (κ1) is 27.6. The van der Waals surface area contributed by atoms with E-state index in [0.717, 1.165) is 39.2 Å². The molecule has 5 heteroatoms. The number of nitrogens with zero attached hydrogens (tertiary/aromatic N) is 2. The summed E-state index contributed by atoms with van der Waals surface area (Å²) >= 11 is 1.76. The molecule has 0 spiro atoms. The first-order valence-electron chi connectivity index (χ1n) is 14.4. The van der Waals surface area contributed by atoms with Crippen LogP contribution in [0, 0.1) is 5.82 Å². The molecule has 7 aromatic rings. The van der Waals surface area contributed by atoms with Crippen molar-refractivity contribution < 1.29 is 9.13 Å². The maximum absolute atomic E-state index is 13.7. The number of ether oxygens (including phenoxy) is 1. The highest BCUT2D eigenvalue weighted by Crippen LogP contribution is 2.40. The van der Waals surface area contributed by atoms with Gasteiger partial charge in [0.15, 0.2) is 0 Å². The summed E-state index contributed by atoms with van der Waals surface area (Å²) in [4.78, 5) is 11.9. The summed E-state index contributed by atoms with van der Waals surface area (Å²) in [5, 5.41) is 0.768. The number of fused-ring (bicyclic) bond motifs is 1. The number of hydrogen-bond donors (Lipinski definition) is 0. The second-order valence-corrected chi connectivity index (χ2v) is 11.5. The van der Waals surface area contributed by atoms with E-state index in [1.807, 2.05) is 72.9 Å². The minimum absolute atomic E-state index is 0.0925. The molecule has 1 atom stereocenters. The third kappa shape index (κ3) is 6.10. The van der Waals surface area contributed by atoms with Crippen LogP contribution < -0.4 is 4.74 Å². The van der Waals surface area contributed by atoms with Crippen molar-refractivity contribution in [2.45, 2.75) is 15.7 Å². The van der Waals surface area contributed by atoms with Crippen LogP contribution in [0.4, 0.5) is 4.39 Å². The third-order valence-electron chi connectivity index (χ3n) is 7.39. The molecule has 7 rings (SSSR count). The normalized spacial score (nSPS) is 11.8. The highest BCUT2D eigenvalue weighted by Gasteiger charge is 2.22. The first-order chi connectivity index (χ1) is 21.7. The predicted octanol–water partition coefficient (Wildman–Crippen LogP) is 10.6. The highest BCUT2D eigenvalue weighted by atomic mass is 32.2. The molecule has 0 amide bonds. The summed E-state index contributed by atoms with van der Waals surface area (Å²) in [7, 11) is 0. The van der Waals surface area contributed by atoms with Gasteiger partial charge in [0.1, 0.15) is 17.3 Å². The van der Waals surface area contributed by atoms with Gasteiger partial charge in [-0.1, -0.05) is 84.6 Å². The molecule has 0 bridgehead atoms. The van der Waals surface area contributed by atoms with E-state index >= 15 is 0 Å². The van der Waals surface area contributed by atoms with Gasteiger partial charge in [0.25, 0.3) is 0 Å². The standard InChI is InChI=1S/C39H27FN2OS/c40-30-20-22-36-28(24-30)19-21-35(42-36)27-10-8-12-31(25-27)43-32-13-9-11-29(26-32)39(37-17-6-7-23-41-37)34-16-4-5-18-38(34)44-33-14-2-1-3-15-33/h1-26,39H/t39-/m0/s1. The van der Waals surface area contributed by atoms with Crippen molar-refractivity contribution >= 4 is 22.7 Å². The minimum atomic E-state index is -0.270. The largest absolute Gasteiger partial charge is 0.457 e. The van der Waals surface area contributed by atoms with E-state index in [4.69, 9.17) is 14.7 Å². The number of pyridine rings is 2. The minimum Gasteiger partial charge on any atom is -0.457 e. The van der Waals surface area contributed by atoms with Gasteiger partial charge in [0.2, 0.25) is 0 Å². The molecule has 44 heavy (non-hydrogen) atoms. The van der Waals surface area contributed by atoms with Gasteiger partial charge in [0, 0.05) is 26.9 Å². The molecule has 0 fully saturated rings. The predicted molar refractivity (Wildman–Crippen MR) is 176 cm³/mol. The Morgan fingerprint density at radius 2 is 1.43 bits per heavy atom. The Morgan fingerprint density at radius 3 is 2.30 bits per heavy atom. The Kier molecular flexibility index (Phi) is 7.86. The molecule has 5 aromatic carbocycles. The molecule has 0 N–H and O–H groups in total. The van der Waals surface area contributed by atoms with E-state index < -0.39 is 0 Å². The fourth-order valence-electron chi connectivity index (χ4n) is 5.35. The molecule has 0 aliphatic heterocycles. The Bertz CT molecular complexity index is 2050. The number of aromatic nitrogens is 2. The van der Waals surface area contributed by atoms with Crippen molar-refractivity contribution in [3.8, 4) is 22.8 Å². The summed E-state index contributed by atoms with van der Waals surface area (Å²) < 4.78 is 20.1. The zero-order valence-electron chi connectivity index (χ0n) is 23.7. The van der Waals surface area contributed by atoms with Gasteiger partial charge >= 0.3 is 0 Å². The molecular weight excluding hydrogens is 564 g/mol. The average Bonchev–Trinajstić information content (AvgIpc) is 3.07. The molecule has 0 radical (unpaired) electrons. The van der Waals surface area contributed by atoms with Crippen LogP contribution in [0.1, 0.15) is 22.7 Å². The molecule has 0 saturated heterocycles. The van der Waals surface area contributed by atoms with Crippen LogP contribution in [0.5, 0.6) is 11.5 Å². The zero-order valence-corrected chi connectivity index (χ0v) is 24.5. The second kappa shape index (κ2) is 12.5. The van der Waals surface area contributed by atoms with Crippen molar-refractivity contribution in [3.05, 3.63) is 180 Å². The number of benzene rings is 5. The van der Waals surface area contributed by atoms with Crippen LogP contribution in [0.25, 0.3) is 22.2 Å². The lowest BCUT2D eigenvalue weighted by Crippen LogP contribution is -2.07. The number of rotatable bonds is 8. The molecule has 2 heterocycles. The van der Waals surface area contributed by atoms with Gasteiger partial charge in [-0.15, -0.1) is 0 Å². The van der Waals surface area contributed by atoms with E-state index in [9.17, 15) is 4.39 Å². The number of hydrogen-bond acceptors (Lipinski definition) is 4. The third-order valence-corrected chi connectivity index (χ3v) is 8.49. The zero-order chi connectivity index (χ0) is 29.7. The van der Waals surface area contributed by atoms with Crippen molar-refractivity contribution in [2.75, 3.05) is 0 Å². The van der Waals surface area contributed by atoms with E-state index in [1.165, 1.54) is 27.5 Å². The summed E-state index contributed by atoms with van der Waals surface area (Å²) in [5.41, 5.74) is 5.70. The Morgan fingerprint density at radius 1 is 0.636 bits per heavy atom. The summed E-state index contributed by atoms with van der Waals surface area (Å²) in [5.74, 6) is 1.07. The van der Waals surface area contributed by atoms with E-state index in [2.05, 4.69) is 66.7 Å². The van der Waals surface area contributed by atoms with E-state index in [-0.39, 0.29) is 11.7 Å². The summed E-state index contributed by atoms with van der Waals surface area (Å²) in [6, 6.07) is 49.5. The molecule has 212 valence electrons. The lowest BCUT2D eigenvalue weighted by Gasteiger charge is -2.21. The van der Waals surface area contributed by atoms with E-state index in [0.29, 0.717) is 5.75 Å². The van der Waals surface area contributed by atoms with Gasteiger partial charge in [-0.05, 0) is 90.0 Å². The van der Waals surface area contributed by atoms with Crippen molar-refractivity contribution in [2.24, 2.45) is 0 Å². The smallest absolute Gasteiger partial charge is 0.128 e. The topological polar surface area (TPSA) is 35.0 Å². The molecule has 0 aliphatic rings. The fraction of sp³-hybridized carbons (Fsp3) is 0.0256. The lowest BCUT2D eigenvalue weighted by molar-refractivity contribution is 0.482. The lowest BCUT2D eigenvalue weighted by atomic mass is 9.88. The fourth-order valence-corrected chi connectivity index (χ4v) is 6.35. The monoisotopic (exact) mass is 590 g/mol. The van der Waals surface area contributed by atoms with Crippen LogP contribution >= 0.6 is 11.8 Å². The van der Waals surface area contributed by atoms with Gasteiger partial charge in [-0.2, -0.15) is 0 Å². The molecule has 0 saturated carbocycles. The highest BCUT2D eigenvalue weighted by molar-refractivity contribution is 7.99. The van der Waals surface area contributed by atoms with Crippen molar-refractivity contribution in [1.82, 2.24) is 9.97 Å². The molecule has 0 unspecified atom stereocenters. The van der Waals surface area contributed by atoms with E-state index in [1.54, 1.807) is 17.8 Å². The average molecular weight is 591 g/mol. The summed E-state index contributed by atoms with van der Waals surface area (Å²) in [6.45, 7) is 0. The van der Waals surface area contributed by atoms with Gasteiger partial charge in [-0.3, -0.25) is 4.98 Å². The Balaban J connectivity index is 1.22. The van der Waals surface area contributed by atoms with Crippen LogP contribution in [-0.2, 0) is 0 Å². The molecule has 2 aromatic heterocycles. The maximum atomic E-state index is 13.7. The van der Waals surface area contributed by atoms with Gasteiger partial charge in [-0.25, -0.2) is 9.37 Å². The quantitative estimate of drug-likeness (QED) is 0.176. The maximum Gasteiger partial charge on any atom is 0.128 e. The second-order valence-electron chi connectivity index (χ2n) is 10.4. The molecule has 3 nitrogen and oxygen atoms in total. The van der Waals surface area contributed by atoms with Crippen LogP contribution in [0.3, 0.4) is 0 Å². The molecular formula is C39H27FN2OS. The van der Waals surface area contributed by atoms with Crippen LogP contribution in [0.15, 0.2) is 168 Å². The number of halogens is 1. The first-order valence-corrected chi connectivity index (χ1v) is 15.2. The van der Waals surface area contributed by atoms with Crippen molar-refractivity contribution in [1.29, 1.82) is 0 Å².